The van der Waals surface area contributed by atoms with E-state index in [9.17, 15) is 9.59 Å². The van der Waals surface area contributed by atoms with Crippen molar-refractivity contribution in [3.05, 3.63) is 35.4 Å². The van der Waals surface area contributed by atoms with Gasteiger partial charge in [0.15, 0.2) is 0 Å². The second-order valence-electron chi connectivity index (χ2n) is 4.65. The Morgan fingerprint density at radius 2 is 1.84 bits per heavy atom. The molecule has 0 saturated heterocycles. The zero-order chi connectivity index (χ0) is 14.4. The summed E-state index contributed by atoms with van der Waals surface area (Å²) in [5.41, 5.74) is 12.4. The lowest BCUT2D eigenvalue weighted by molar-refractivity contribution is -0.132. The van der Waals surface area contributed by atoms with Crippen LogP contribution in [0.25, 0.3) is 0 Å². The number of likely N-dealkylation sites (N-methyl/N-ethyl adjacent to an activating group) is 1. The zero-order valence-corrected chi connectivity index (χ0v) is 11.4. The van der Waals surface area contributed by atoms with Gasteiger partial charge in [0.1, 0.15) is 0 Å². The van der Waals surface area contributed by atoms with Crippen molar-refractivity contribution in [3.63, 3.8) is 0 Å². The van der Waals surface area contributed by atoms with Gasteiger partial charge in [0.25, 0.3) is 0 Å². The van der Waals surface area contributed by atoms with Gasteiger partial charge < -0.3 is 16.4 Å². The molecule has 1 atom stereocenters. The van der Waals surface area contributed by atoms with Gasteiger partial charge in [-0.15, -0.1) is 0 Å². The minimum atomic E-state index is -0.457. The van der Waals surface area contributed by atoms with Gasteiger partial charge in [-0.2, -0.15) is 0 Å². The molecule has 0 spiro atoms. The van der Waals surface area contributed by atoms with Gasteiger partial charge in [-0.05, 0) is 24.1 Å². The SMILES string of the molecule is CCC[C@@H](N)C(=O)N(C)Cc1ccc(C(N)=O)cc1. The fourth-order valence-electron chi connectivity index (χ4n) is 1.84. The summed E-state index contributed by atoms with van der Waals surface area (Å²) in [4.78, 5) is 24.5. The summed E-state index contributed by atoms with van der Waals surface area (Å²) < 4.78 is 0. The predicted molar refractivity (Wildman–Crippen MR) is 74.3 cm³/mol. The molecule has 4 N–H and O–H groups in total. The smallest absolute Gasteiger partial charge is 0.248 e. The van der Waals surface area contributed by atoms with Gasteiger partial charge in [-0.25, -0.2) is 0 Å². The minimum absolute atomic E-state index is 0.0687. The van der Waals surface area contributed by atoms with Crippen molar-refractivity contribution in [2.45, 2.75) is 32.4 Å². The van der Waals surface area contributed by atoms with Gasteiger partial charge in [0.2, 0.25) is 11.8 Å². The number of rotatable bonds is 6. The summed E-state index contributed by atoms with van der Waals surface area (Å²) in [5, 5.41) is 0. The summed E-state index contributed by atoms with van der Waals surface area (Å²) in [6, 6.07) is 6.44. The molecule has 1 aromatic carbocycles. The van der Waals surface area contributed by atoms with E-state index in [1.807, 2.05) is 6.92 Å². The number of benzene rings is 1. The summed E-state index contributed by atoms with van der Waals surface area (Å²) in [5.74, 6) is -0.526. The largest absolute Gasteiger partial charge is 0.366 e. The Balaban J connectivity index is 2.63. The maximum absolute atomic E-state index is 11.9. The Kier molecular flexibility index (Phi) is 5.51. The first-order valence-electron chi connectivity index (χ1n) is 6.35. The third kappa shape index (κ3) is 4.37. The van der Waals surface area contributed by atoms with Crippen LogP contribution < -0.4 is 11.5 Å². The summed E-state index contributed by atoms with van der Waals surface area (Å²) in [6.45, 7) is 2.46. The van der Waals surface area contributed by atoms with Gasteiger partial charge in [0, 0.05) is 19.2 Å². The highest BCUT2D eigenvalue weighted by Crippen LogP contribution is 2.08. The van der Waals surface area contributed by atoms with E-state index in [0.717, 1.165) is 12.0 Å². The van der Waals surface area contributed by atoms with Crippen molar-refractivity contribution in [2.24, 2.45) is 11.5 Å². The number of primary amides is 1. The average Bonchev–Trinajstić information content (AvgIpc) is 2.38. The monoisotopic (exact) mass is 263 g/mol. The Morgan fingerprint density at radius 1 is 1.26 bits per heavy atom. The summed E-state index contributed by atoms with van der Waals surface area (Å²) in [7, 11) is 1.72. The molecule has 0 aliphatic rings. The number of carbonyl (C=O) groups is 2. The highest BCUT2D eigenvalue weighted by molar-refractivity contribution is 5.92. The normalized spacial score (nSPS) is 11.9. The van der Waals surface area contributed by atoms with Crippen molar-refractivity contribution < 1.29 is 9.59 Å². The second-order valence-corrected chi connectivity index (χ2v) is 4.65. The quantitative estimate of drug-likeness (QED) is 0.798. The molecule has 0 fully saturated rings. The molecule has 104 valence electrons. The number of hydrogen-bond donors (Lipinski definition) is 2. The number of carbonyl (C=O) groups excluding carboxylic acids is 2. The van der Waals surface area contributed by atoms with E-state index in [-0.39, 0.29) is 5.91 Å². The van der Waals surface area contributed by atoms with Crippen LogP contribution in [0.2, 0.25) is 0 Å². The Bertz CT molecular complexity index is 443. The van der Waals surface area contributed by atoms with Crippen molar-refractivity contribution in [3.8, 4) is 0 Å². The molecule has 2 amide bonds. The number of nitrogens with two attached hydrogens (primary N) is 2. The van der Waals surface area contributed by atoms with Gasteiger partial charge in [-0.3, -0.25) is 9.59 Å². The van der Waals surface area contributed by atoms with Crippen LogP contribution in [0.1, 0.15) is 35.7 Å². The topological polar surface area (TPSA) is 89.4 Å². The number of nitrogens with zero attached hydrogens (tertiary/aromatic N) is 1. The van der Waals surface area contributed by atoms with Crippen LogP contribution >= 0.6 is 0 Å². The van der Waals surface area contributed by atoms with Crippen molar-refractivity contribution in [2.75, 3.05) is 7.05 Å². The van der Waals surface area contributed by atoms with Crippen LogP contribution in [0, 0.1) is 0 Å². The lowest BCUT2D eigenvalue weighted by Gasteiger charge is -2.21. The molecule has 0 heterocycles. The van der Waals surface area contributed by atoms with E-state index in [2.05, 4.69) is 0 Å². The molecule has 0 bridgehead atoms. The third-order valence-electron chi connectivity index (χ3n) is 2.95. The molecule has 5 nitrogen and oxygen atoms in total. The highest BCUT2D eigenvalue weighted by atomic mass is 16.2. The summed E-state index contributed by atoms with van der Waals surface area (Å²) >= 11 is 0. The molecule has 0 aromatic heterocycles. The third-order valence-corrected chi connectivity index (χ3v) is 2.95. The maximum atomic E-state index is 11.9. The van der Waals surface area contributed by atoms with Crippen molar-refractivity contribution in [1.82, 2.24) is 4.90 Å². The van der Waals surface area contributed by atoms with E-state index in [1.54, 1.807) is 36.2 Å². The van der Waals surface area contributed by atoms with E-state index in [4.69, 9.17) is 11.5 Å². The van der Waals surface area contributed by atoms with E-state index >= 15 is 0 Å². The molecule has 0 saturated carbocycles. The standard InChI is InChI=1S/C14H21N3O2/c1-3-4-12(15)14(19)17(2)9-10-5-7-11(8-6-10)13(16)18/h5-8,12H,3-4,9,15H2,1-2H3,(H2,16,18)/t12-/m1/s1. The molecule has 1 aromatic rings. The van der Waals surface area contributed by atoms with Gasteiger partial charge in [0.05, 0.1) is 6.04 Å². The predicted octanol–water partition coefficient (Wildman–Crippen LogP) is 0.871. The van der Waals surface area contributed by atoms with E-state index < -0.39 is 11.9 Å². The Hall–Kier alpha value is -1.88. The average molecular weight is 263 g/mol. The van der Waals surface area contributed by atoms with Gasteiger partial charge >= 0.3 is 0 Å². The van der Waals surface area contributed by atoms with Crippen molar-refractivity contribution >= 4 is 11.8 Å². The fourth-order valence-corrected chi connectivity index (χ4v) is 1.84. The van der Waals surface area contributed by atoms with Crippen LogP contribution in [-0.4, -0.2) is 29.8 Å². The Labute approximate surface area is 113 Å². The lowest BCUT2D eigenvalue weighted by Crippen LogP contribution is -2.41. The number of hydrogen-bond acceptors (Lipinski definition) is 3. The molecule has 0 aliphatic heterocycles. The molecular formula is C14H21N3O2. The van der Waals surface area contributed by atoms with E-state index in [1.165, 1.54) is 0 Å². The first-order chi connectivity index (χ1) is 8.95. The highest BCUT2D eigenvalue weighted by Gasteiger charge is 2.17. The Morgan fingerprint density at radius 3 is 2.32 bits per heavy atom. The number of amides is 2. The molecule has 19 heavy (non-hydrogen) atoms. The fraction of sp³-hybridized carbons (Fsp3) is 0.429. The van der Waals surface area contributed by atoms with Crippen molar-refractivity contribution in [1.29, 1.82) is 0 Å². The minimum Gasteiger partial charge on any atom is -0.366 e. The summed E-state index contributed by atoms with van der Waals surface area (Å²) in [6.07, 6.45) is 1.57. The molecular weight excluding hydrogens is 242 g/mol. The lowest BCUT2D eigenvalue weighted by atomic mass is 10.1. The van der Waals surface area contributed by atoms with Crippen LogP contribution in [0.3, 0.4) is 0 Å². The molecule has 0 unspecified atom stereocenters. The molecule has 0 aliphatic carbocycles. The van der Waals surface area contributed by atoms with E-state index in [0.29, 0.717) is 18.5 Å². The van der Waals surface area contributed by atoms with Crippen LogP contribution in [0.4, 0.5) is 0 Å². The zero-order valence-electron chi connectivity index (χ0n) is 11.4. The van der Waals surface area contributed by atoms with Crippen LogP contribution in [-0.2, 0) is 11.3 Å². The van der Waals surface area contributed by atoms with Crippen LogP contribution in [0.15, 0.2) is 24.3 Å². The van der Waals surface area contributed by atoms with Gasteiger partial charge in [-0.1, -0.05) is 25.5 Å². The molecule has 0 radical (unpaired) electrons. The first-order valence-corrected chi connectivity index (χ1v) is 6.35. The second kappa shape index (κ2) is 6.89. The first kappa shape index (κ1) is 15.2. The maximum Gasteiger partial charge on any atom is 0.248 e. The molecule has 1 rings (SSSR count). The van der Waals surface area contributed by atoms with Crippen LogP contribution in [0.5, 0.6) is 0 Å². The molecule has 5 heteroatoms.